The summed E-state index contributed by atoms with van der Waals surface area (Å²) in [6.07, 6.45) is 25.5. The van der Waals surface area contributed by atoms with Crippen LogP contribution in [0, 0.1) is 0 Å². The van der Waals surface area contributed by atoms with Gasteiger partial charge in [-0.15, -0.1) is 0 Å². The van der Waals surface area contributed by atoms with Gasteiger partial charge in [0.2, 0.25) is 5.91 Å². The molecule has 0 aliphatic carbocycles. The molecule has 0 radical (unpaired) electrons. The Hall–Kier alpha value is -2.10. The zero-order valence-electron chi connectivity index (χ0n) is 15.1. The van der Waals surface area contributed by atoms with E-state index in [-0.39, 0.29) is 0 Å². The van der Waals surface area contributed by atoms with Crippen LogP contribution in [-0.4, -0.2) is 18.1 Å². The minimum absolute atomic E-state index is 0.560. The van der Waals surface area contributed by atoms with E-state index in [1.807, 2.05) is 24.3 Å². The van der Waals surface area contributed by atoms with Crippen molar-refractivity contribution in [3.05, 3.63) is 59.1 Å². The number of allylic oxidation sites excluding steroid dienone is 7. The fourth-order valence-electron chi connectivity index (χ4n) is 2.58. The zero-order valence-corrected chi connectivity index (χ0v) is 15.1. The number of hydrogen-bond donors (Lipinski definition) is 0. The molecule has 1 heterocycles. The summed E-state index contributed by atoms with van der Waals surface area (Å²) in [5.41, 5.74) is 8.05. The van der Waals surface area contributed by atoms with E-state index in [0.29, 0.717) is 12.2 Å². The third-order valence-electron chi connectivity index (χ3n) is 4.02. The molecule has 0 spiro atoms. The Morgan fingerprint density at radius 1 is 1.00 bits per heavy atom. The van der Waals surface area contributed by atoms with E-state index in [0.717, 1.165) is 12.8 Å². The van der Waals surface area contributed by atoms with E-state index in [1.54, 1.807) is 12.2 Å². The molecule has 1 fully saturated rings. The van der Waals surface area contributed by atoms with Crippen molar-refractivity contribution in [2.75, 3.05) is 0 Å². The Morgan fingerprint density at radius 2 is 1.68 bits per heavy atom. The molecule has 1 saturated heterocycles. The van der Waals surface area contributed by atoms with Gasteiger partial charge in [0, 0.05) is 4.91 Å². The summed E-state index contributed by atoms with van der Waals surface area (Å²) in [7, 11) is 0. The number of carbonyl (C=O) groups excluding carboxylic acids is 1. The quantitative estimate of drug-likeness (QED) is 0.0787. The molecule has 0 aromatic carbocycles. The van der Waals surface area contributed by atoms with Gasteiger partial charge in [-0.3, -0.25) is 4.79 Å². The standard InChI is InChI=1S/C20H29N3O2/c1-2-18-19(25-18)16-14-12-10-8-6-4-3-5-7-9-11-13-15-17-20(24)22-23-21/h3,5,7,9,11,13,15,17-19H,2,4,6,8,10,12,14,16H2,1H3/t18-,19+/m0/s1. The second kappa shape index (κ2) is 14.3. The minimum atomic E-state index is -0.595. The number of carbonyl (C=O) groups is 1. The number of hydrogen-bond acceptors (Lipinski definition) is 2. The van der Waals surface area contributed by atoms with Crippen molar-refractivity contribution in [2.24, 2.45) is 5.11 Å². The maximum Gasteiger partial charge on any atom is 0.241 e. The highest BCUT2D eigenvalue weighted by Gasteiger charge is 2.35. The maximum absolute atomic E-state index is 10.8. The summed E-state index contributed by atoms with van der Waals surface area (Å²) in [4.78, 5) is 13.3. The fraction of sp³-hybridized carbons (Fsp3) is 0.550. The molecule has 1 amide bonds. The van der Waals surface area contributed by atoms with Crippen molar-refractivity contribution in [3.8, 4) is 0 Å². The largest absolute Gasteiger partial charge is 0.370 e. The monoisotopic (exact) mass is 343 g/mol. The zero-order chi connectivity index (χ0) is 18.2. The van der Waals surface area contributed by atoms with Gasteiger partial charge in [0.25, 0.3) is 0 Å². The van der Waals surface area contributed by atoms with Crippen molar-refractivity contribution >= 4 is 5.91 Å². The second-order valence-corrected chi connectivity index (χ2v) is 6.05. The summed E-state index contributed by atoms with van der Waals surface area (Å²) in [5.74, 6) is -0.595. The average molecular weight is 343 g/mol. The van der Waals surface area contributed by atoms with Crippen LogP contribution in [0.1, 0.15) is 58.3 Å². The molecule has 5 nitrogen and oxygen atoms in total. The predicted octanol–water partition coefficient (Wildman–Crippen LogP) is 5.96. The van der Waals surface area contributed by atoms with Crippen molar-refractivity contribution in [1.82, 2.24) is 0 Å². The maximum atomic E-state index is 10.8. The van der Waals surface area contributed by atoms with Crippen molar-refractivity contribution in [2.45, 2.75) is 70.5 Å². The van der Waals surface area contributed by atoms with Gasteiger partial charge in [-0.05, 0) is 42.4 Å². The molecule has 0 aromatic rings. The predicted molar refractivity (Wildman–Crippen MR) is 102 cm³/mol. The molecule has 0 saturated carbocycles. The van der Waals surface area contributed by atoms with Crippen molar-refractivity contribution in [3.63, 3.8) is 0 Å². The van der Waals surface area contributed by atoms with Gasteiger partial charge in [0.05, 0.1) is 12.2 Å². The molecule has 25 heavy (non-hydrogen) atoms. The molecular weight excluding hydrogens is 314 g/mol. The number of rotatable bonds is 13. The molecular formula is C20H29N3O2. The van der Waals surface area contributed by atoms with E-state index in [2.05, 4.69) is 23.0 Å². The van der Waals surface area contributed by atoms with E-state index in [1.165, 1.54) is 44.6 Å². The Kier molecular flexibility index (Phi) is 11.9. The third kappa shape index (κ3) is 12.0. The van der Waals surface area contributed by atoms with Crippen LogP contribution < -0.4 is 0 Å². The van der Waals surface area contributed by atoms with Crippen LogP contribution in [0.25, 0.3) is 10.4 Å². The highest BCUT2D eigenvalue weighted by Crippen LogP contribution is 2.29. The summed E-state index contributed by atoms with van der Waals surface area (Å²) < 4.78 is 5.54. The molecule has 1 aliphatic rings. The van der Waals surface area contributed by atoms with E-state index >= 15 is 0 Å². The number of ether oxygens (including phenoxy) is 1. The molecule has 0 unspecified atom stereocenters. The Bertz CT molecular complexity index is 543. The van der Waals surface area contributed by atoms with Gasteiger partial charge in [0.15, 0.2) is 0 Å². The second-order valence-electron chi connectivity index (χ2n) is 6.05. The Labute approximate surface area is 150 Å². The first kappa shape index (κ1) is 20.9. The lowest BCUT2D eigenvalue weighted by Gasteiger charge is -1.98. The van der Waals surface area contributed by atoms with E-state index in [4.69, 9.17) is 10.3 Å². The van der Waals surface area contributed by atoms with Crippen LogP contribution in [0.5, 0.6) is 0 Å². The van der Waals surface area contributed by atoms with Gasteiger partial charge in [-0.25, -0.2) is 0 Å². The first-order valence-electron chi connectivity index (χ1n) is 9.19. The van der Waals surface area contributed by atoms with Crippen LogP contribution in [0.15, 0.2) is 53.7 Å². The first-order chi connectivity index (χ1) is 12.3. The molecule has 5 heteroatoms. The normalized spacial score (nSPS) is 20.0. The summed E-state index contributed by atoms with van der Waals surface area (Å²) >= 11 is 0. The molecule has 1 aliphatic heterocycles. The van der Waals surface area contributed by atoms with Crippen LogP contribution >= 0.6 is 0 Å². The van der Waals surface area contributed by atoms with Gasteiger partial charge < -0.3 is 4.74 Å². The van der Waals surface area contributed by atoms with E-state index < -0.39 is 5.91 Å². The third-order valence-corrected chi connectivity index (χ3v) is 4.02. The average Bonchev–Trinajstić information content (AvgIpc) is 3.37. The fourth-order valence-corrected chi connectivity index (χ4v) is 2.58. The summed E-state index contributed by atoms with van der Waals surface area (Å²) in [6, 6.07) is 0. The number of amides is 1. The van der Waals surface area contributed by atoms with Crippen LogP contribution in [0.3, 0.4) is 0 Å². The minimum Gasteiger partial charge on any atom is -0.370 e. The lowest BCUT2D eigenvalue weighted by atomic mass is 10.1. The van der Waals surface area contributed by atoms with Crippen molar-refractivity contribution < 1.29 is 9.53 Å². The summed E-state index contributed by atoms with van der Waals surface area (Å²) in [6.45, 7) is 2.19. The van der Waals surface area contributed by atoms with E-state index in [9.17, 15) is 4.79 Å². The lowest BCUT2D eigenvalue weighted by Crippen LogP contribution is -1.92. The highest BCUT2D eigenvalue weighted by molar-refractivity contribution is 5.88. The first-order valence-corrected chi connectivity index (χ1v) is 9.19. The van der Waals surface area contributed by atoms with Crippen LogP contribution in [-0.2, 0) is 9.53 Å². The Balaban J connectivity index is 1.90. The molecule has 0 bridgehead atoms. The van der Waals surface area contributed by atoms with Crippen LogP contribution in [0.4, 0.5) is 0 Å². The highest BCUT2D eigenvalue weighted by atomic mass is 16.6. The van der Waals surface area contributed by atoms with Crippen molar-refractivity contribution in [1.29, 1.82) is 0 Å². The number of nitrogens with zero attached hydrogens (tertiary/aromatic N) is 3. The Morgan fingerprint density at radius 3 is 2.40 bits per heavy atom. The molecule has 136 valence electrons. The van der Waals surface area contributed by atoms with Crippen LogP contribution in [0.2, 0.25) is 0 Å². The van der Waals surface area contributed by atoms with Gasteiger partial charge >= 0.3 is 0 Å². The number of azide groups is 1. The van der Waals surface area contributed by atoms with Gasteiger partial charge in [0.1, 0.15) is 0 Å². The van der Waals surface area contributed by atoms with Gasteiger partial charge in [-0.1, -0.05) is 75.1 Å². The lowest BCUT2D eigenvalue weighted by molar-refractivity contribution is -0.113. The summed E-state index contributed by atoms with van der Waals surface area (Å²) in [5, 5.41) is 2.93. The SMILES string of the molecule is CC[C@@H]1O[C@@H]1CCCCCCCC=CC=CC=CC=CC(=O)N=[N+]=[N-]. The molecule has 0 N–H and O–H groups in total. The number of epoxide rings is 1. The molecule has 0 aromatic heterocycles. The smallest absolute Gasteiger partial charge is 0.241 e. The van der Waals surface area contributed by atoms with Gasteiger partial charge in [-0.2, -0.15) is 0 Å². The number of unbranched alkanes of at least 4 members (excludes halogenated alkanes) is 5. The molecule has 1 rings (SSSR count). The molecule has 2 atom stereocenters. The topological polar surface area (TPSA) is 78.4 Å².